The number of nitrogens with zero attached hydrogens (tertiary/aromatic N) is 6. The minimum absolute atomic E-state index is 0.333. The molecule has 4 aromatic rings. The quantitative estimate of drug-likeness (QED) is 0.491. The van der Waals surface area contributed by atoms with E-state index >= 15 is 0 Å². The van der Waals surface area contributed by atoms with Crippen molar-refractivity contribution in [1.29, 1.82) is 0 Å². The molecule has 0 bridgehead atoms. The van der Waals surface area contributed by atoms with Gasteiger partial charge in [-0.05, 0) is 29.8 Å². The van der Waals surface area contributed by atoms with Crippen molar-refractivity contribution >= 4 is 26.6 Å². The lowest BCUT2D eigenvalue weighted by Gasteiger charge is -2.34. The van der Waals surface area contributed by atoms with E-state index in [1.54, 1.807) is 29.0 Å². The summed E-state index contributed by atoms with van der Waals surface area (Å²) in [6.45, 7) is 3.78. The second-order valence-corrected chi connectivity index (χ2v) is 9.44. The Hall–Kier alpha value is -3.30. The molecule has 8 nitrogen and oxygen atoms in total. The molecule has 0 amide bonds. The van der Waals surface area contributed by atoms with E-state index in [9.17, 15) is 8.42 Å². The summed E-state index contributed by atoms with van der Waals surface area (Å²) in [5.74, 6) is 2.19. The molecule has 0 atom stereocenters. The number of fused-ring (bicyclic) bond motifs is 1. The highest BCUT2D eigenvalue weighted by Crippen LogP contribution is 2.24. The van der Waals surface area contributed by atoms with E-state index in [4.69, 9.17) is 0 Å². The van der Waals surface area contributed by atoms with Gasteiger partial charge in [0, 0.05) is 44.6 Å². The van der Waals surface area contributed by atoms with Gasteiger partial charge in [-0.3, -0.25) is 4.57 Å². The maximum atomic E-state index is 13.2. The number of imidazole rings is 1. The average Bonchev–Trinajstić information content (AvgIpc) is 3.33. The van der Waals surface area contributed by atoms with Gasteiger partial charge >= 0.3 is 0 Å². The van der Waals surface area contributed by atoms with Crippen molar-refractivity contribution in [2.24, 2.45) is 0 Å². The molecular formula is C22H22N6O2S. The number of piperazine rings is 1. The lowest BCUT2D eigenvalue weighted by molar-refractivity contribution is 0.383. The maximum Gasteiger partial charge on any atom is 0.243 e. The first-order chi connectivity index (χ1) is 15.0. The lowest BCUT2D eigenvalue weighted by Crippen LogP contribution is -2.49. The minimum Gasteiger partial charge on any atom is -0.354 e. The van der Waals surface area contributed by atoms with E-state index in [0.717, 1.165) is 22.4 Å². The van der Waals surface area contributed by atoms with Gasteiger partial charge in [0.25, 0.3) is 0 Å². The zero-order chi connectivity index (χ0) is 21.4. The Morgan fingerprint density at radius 3 is 2.35 bits per heavy atom. The van der Waals surface area contributed by atoms with Crippen molar-refractivity contribution in [2.45, 2.75) is 11.8 Å². The van der Waals surface area contributed by atoms with Crippen LogP contribution < -0.4 is 4.90 Å². The average molecular weight is 435 g/mol. The Morgan fingerprint density at radius 2 is 1.61 bits per heavy atom. The lowest BCUT2D eigenvalue weighted by atomic mass is 10.1. The van der Waals surface area contributed by atoms with Crippen molar-refractivity contribution < 1.29 is 8.42 Å². The third-order valence-electron chi connectivity index (χ3n) is 5.50. The number of rotatable bonds is 4. The highest BCUT2D eigenvalue weighted by Gasteiger charge is 2.29. The first kappa shape index (κ1) is 19.7. The van der Waals surface area contributed by atoms with E-state index < -0.39 is 10.0 Å². The van der Waals surface area contributed by atoms with Gasteiger partial charge in [-0.25, -0.2) is 23.4 Å². The van der Waals surface area contributed by atoms with Crippen LogP contribution in [0.1, 0.15) is 5.82 Å². The first-order valence-corrected chi connectivity index (χ1v) is 11.5. The molecule has 158 valence electrons. The number of anilines is 1. The van der Waals surface area contributed by atoms with E-state index in [1.165, 1.54) is 0 Å². The molecule has 0 radical (unpaired) electrons. The summed E-state index contributed by atoms with van der Waals surface area (Å²) in [5.41, 5.74) is 0. The summed E-state index contributed by atoms with van der Waals surface area (Å²) < 4.78 is 29.8. The van der Waals surface area contributed by atoms with E-state index in [-0.39, 0.29) is 0 Å². The molecule has 5 rings (SSSR count). The van der Waals surface area contributed by atoms with Crippen molar-refractivity contribution in [3.63, 3.8) is 0 Å². The SMILES string of the molecule is Cc1nc(N2CCN(S(=O)(=O)c3ccc4ccccc4c3)CC2)cc(-n2ccnc2)n1. The topological polar surface area (TPSA) is 84.2 Å². The van der Waals surface area contributed by atoms with Crippen molar-refractivity contribution in [3.05, 3.63) is 73.1 Å². The van der Waals surface area contributed by atoms with E-state index in [0.29, 0.717) is 36.9 Å². The Kier molecular flexibility index (Phi) is 4.91. The molecule has 1 aliphatic heterocycles. The van der Waals surface area contributed by atoms with Gasteiger partial charge < -0.3 is 4.90 Å². The molecule has 0 unspecified atom stereocenters. The number of sulfonamides is 1. The first-order valence-electron chi connectivity index (χ1n) is 10.1. The second-order valence-electron chi connectivity index (χ2n) is 7.50. The Balaban J connectivity index is 1.35. The van der Waals surface area contributed by atoms with Crippen LogP contribution in [-0.4, -0.2) is 58.4 Å². The molecule has 2 aromatic heterocycles. The molecule has 0 aliphatic carbocycles. The number of hydrogen-bond acceptors (Lipinski definition) is 6. The van der Waals surface area contributed by atoms with Crippen LogP contribution in [0.2, 0.25) is 0 Å². The van der Waals surface area contributed by atoms with Gasteiger partial charge in [0.15, 0.2) is 0 Å². The third kappa shape index (κ3) is 3.77. The number of hydrogen-bond donors (Lipinski definition) is 0. The fourth-order valence-electron chi connectivity index (χ4n) is 3.86. The van der Waals surface area contributed by atoms with E-state index in [1.807, 2.05) is 54.1 Å². The standard InChI is InChI=1S/C22H22N6O2S/c1-17-24-21(15-22(25-17)27-9-8-23-16-27)26-10-12-28(13-11-26)31(29,30)20-7-6-18-4-2-3-5-19(18)14-20/h2-9,14-16H,10-13H2,1H3. The Morgan fingerprint density at radius 1 is 0.871 bits per heavy atom. The Labute approximate surface area is 180 Å². The third-order valence-corrected chi connectivity index (χ3v) is 7.40. The smallest absolute Gasteiger partial charge is 0.243 e. The Bertz CT molecular complexity index is 1330. The molecule has 3 heterocycles. The molecule has 1 aliphatic rings. The maximum absolute atomic E-state index is 13.2. The molecular weight excluding hydrogens is 412 g/mol. The normalized spacial score (nSPS) is 15.5. The van der Waals surface area contributed by atoms with Crippen molar-refractivity contribution in [2.75, 3.05) is 31.1 Å². The summed E-state index contributed by atoms with van der Waals surface area (Å²) >= 11 is 0. The van der Waals surface area contributed by atoms with Crippen LogP contribution in [0.4, 0.5) is 5.82 Å². The molecule has 9 heteroatoms. The molecule has 0 saturated carbocycles. The fraction of sp³-hybridized carbons (Fsp3) is 0.227. The number of benzene rings is 2. The van der Waals surface area contributed by atoms with Gasteiger partial charge in [0.2, 0.25) is 10.0 Å². The monoisotopic (exact) mass is 434 g/mol. The predicted octanol–water partition coefficient (Wildman–Crippen LogP) is 2.63. The zero-order valence-electron chi connectivity index (χ0n) is 17.1. The molecule has 1 saturated heterocycles. The van der Waals surface area contributed by atoms with Gasteiger partial charge in [-0.2, -0.15) is 4.31 Å². The van der Waals surface area contributed by atoms with Crippen LogP contribution in [0.15, 0.2) is 72.1 Å². The van der Waals surface area contributed by atoms with Gasteiger partial charge in [-0.1, -0.05) is 30.3 Å². The summed E-state index contributed by atoms with van der Waals surface area (Å²) in [4.78, 5) is 15.5. The second kappa shape index (κ2) is 7.75. The molecule has 31 heavy (non-hydrogen) atoms. The number of aromatic nitrogens is 4. The van der Waals surface area contributed by atoms with Crippen LogP contribution in [0.5, 0.6) is 0 Å². The van der Waals surface area contributed by atoms with Crippen LogP contribution in [0.3, 0.4) is 0 Å². The summed E-state index contributed by atoms with van der Waals surface area (Å²) in [6.07, 6.45) is 5.23. The van der Waals surface area contributed by atoms with Crippen LogP contribution in [0.25, 0.3) is 16.6 Å². The minimum atomic E-state index is -3.55. The summed E-state index contributed by atoms with van der Waals surface area (Å²) in [5, 5.41) is 1.95. The molecule has 0 N–H and O–H groups in total. The highest BCUT2D eigenvalue weighted by molar-refractivity contribution is 7.89. The largest absolute Gasteiger partial charge is 0.354 e. The van der Waals surface area contributed by atoms with Crippen molar-refractivity contribution in [3.8, 4) is 5.82 Å². The zero-order valence-corrected chi connectivity index (χ0v) is 17.9. The predicted molar refractivity (Wildman–Crippen MR) is 119 cm³/mol. The van der Waals surface area contributed by atoms with Gasteiger partial charge in [0.05, 0.1) is 4.90 Å². The highest BCUT2D eigenvalue weighted by atomic mass is 32.2. The number of aryl methyl sites for hydroxylation is 1. The molecule has 2 aromatic carbocycles. The van der Waals surface area contributed by atoms with Gasteiger partial charge in [-0.15, -0.1) is 0 Å². The van der Waals surface area contributed by atoms with Gasteiger partial charge in [0.1, 0.15) is 23.8 Å². The summed E-state index contributed by atoms with van der Waals surface area (Å²) in [7, 11) is -3.55. The van der Waals surface area contributed by atoms with Crippen LogP contribution in [-0.2, 0) is 10.0 Å². The fourth-order valence-corrected chi connectivity index (χ4v) is 5.32. The summed E-state index contributed by atoms with van der Waals surface area (Å²) in [6, 6.07) is 15.0. The van der Waals surface area contributed by atoms with Crippen LogP contribution in [0, 0.1) is 6.92 Å². The van der Waals surface area contributed by atoms with Crippen LogP contribution >= 0.6 is 0 Å². The van der Waals surface area contributed by atoms with E-state index in [2.05, 4.69) is 19.9 Å². The molecule has 1 fully saturated rings. The molecule has 0 spiro atoms. The van der Waals surface area contributed by atoms with Crippen molar-refractivity contribution in [1.82, 2.24) is 23.8 Å².